The molecule has 4 aromatic rings. The van der Waals surface area contributed by atoms with Crippen molar-refractivity contribution in [2.45, 2.75) is 39.0 Å². The van der Waals surface area contributed by atoms with Crippen molar-refractivity contribution in [3.05, 3.63) is 69.8 Å². The van der Waals surface area contributed by atoms with Crippen molar-refractivity contribution in [3.63, 3.8) is 0 Å². The van der Waals surface area contributed by atoms with Gasteiger partial charge in [0.05, 0.1) is 6.26 Å². The van der Waals surface area contributed by atoms with E-state index in [1.807, 2.05) is 31.4 Å². The lowest BCUT2D eigenvalue weighted by atomic mass is 9.95. The molecule has 0 fully saturated rings. The Kier molecular flexibility index (Phi) is 3.49. The van der Waals surface area contributed by atoms with Crippen molar-refractivity contribution in [3.8, 4) is 11.1 Å². The Balaban J connectivity index is 1.88. The molecule has 1 aliphatic carbocycles. The van der Waals surface area contributed by atoms with Gasteiger partial charge in [0.1, 0.15) is 11.2 Å². The van der Waals surface area contributed by atoms with Crippen molar-refractivity contribution >= 4 is 21.9 Å². The highest BCUT2D eigenvalue weighted by Crippen LogP contribution is 2.38. The number of benzene rings is 2. The van der Waals surface area contributed by atoms with Crippen LogP contribution < -0.4 is 5.63 Å². The summed E-state index contributed by atoms with van der Waals surface area (Å²) in [5.74, 6) is 0. The van der Waals surface area contributed by atoms with Gasteiger partial charge >= 0.3 is 5.63 Å². The molecule has 0 unspecified atom stereocenters. The first-order chi connectivity index (χ1) is 12.7. The summed E-state index contributed by atoms with van der Waals surface area (Å²) in [6.45, 7) is 1.98. The summed E-state index contributed by atoms with van der Waals surface area (Å²) in [6.07, 6.45) is 6.92. The van der Waals surface area contributed by atoms with Crippen LogP contribution in [0, 0.1) is 6.92 Å². The van der Waals surface area contributed by atoms with Crippen LogP contribution in [0.25, 0.3) is 33.1 Å². The SMILES string of the molecule is Cc1c2occ(-c3ccccc3)c2cc2c3c(c(=O)oc12)CCCCC3. The van der Waals surface area contributed by atoms with Gasteiger partial charge in [-0.2, -0.15) is 0 Å². The van der Waals surface area contributed by atoms with Gasteiger partial charge in [-0.05, 0) is 49.8 Å². The molecular formula is C23H20O3. The molecule has 130 valence electrons. The monoisotopic (exact) mass is 344 g/mol. The third-order valence-corrected chi connectivity index (χ3v) is 5.61. The first-order valence-electron chi connectivity index (χ1n) is 9.29. The summed E-state index contributed by atoms with van der Waals surface area (Å²) < 4.78 is 11.6. The van der Waals surface area contributed by atoms with E-state index in [1.165, 1.54) is 5.56 Å². The van der Waals surface area contributed by atoms with E-state index in [4.69, 9.17) is 8.83 Å². The summed E-state index contributed by atoms with van der Waals surface area (Å²) in [5, 5.41) is 2.16. The second kappa shape index (κ2) is 5.87. The maximum Gasteiger partial charge on any atom is 0.339 e. The highest BCUT2D eigenvalue weighted by molar-refractivity contribution is 6.05. The predicted octanol–water partition coefficient (Wildman–Crippen LogP) is 5.78. The van der Waals surface area contributed by atoms with Crippen LogP contribution in [-0.2, 0) is 12.8 Å². The number of fused-ring (bicyclic) bond motifs is 4. The number of hydrogen-bond donors (Lipinski definition) is 0. The molecule has 2 aromatic carbocycles. The van der Waals surface area contributed by atoms with E-state index in [9.17, 15) is 4.79 Å². The van der Waals surface area contributed by atoms with E-state index >= 15 is 0 Å². The molecule has 0 amide bonds. The molecule has 0 N–H and O–H groups in total. The number of hydrogen-bond acceptors (Lipinski definition) is 3. The van der Waals surface area contributed by atoms with E-state index in [2.05, 4.69) is 18.2 Å². The van der Waals surface area contributed by atoms with Gasteiger partial charge in [-0.3, -0.25) is 0 Å². The second-order valence-corrected chi connectivity index (χ2v) is 7.18. The van der Waals surface area contributed by atoms with Gasteiger partial charge in [0, 0.05) is 27.5 Å². The average Bonchev–Trinajstić information content (AvgIpc) is 2.92. The number of furan rings is 1. The topological polar surface area (TPSA) is 43.4 Å². The molecule has 2 aromatic heterocycles. The first-order valence-corrected chi connectivity index (χ1v) is 9.29. The van der Waals surface area contributed by atoms with Gasteiger partial charge in [0.15, 0.2) is 0 Å². The lowest BCUT2D eigenvalue weighted by molar-refractivity contribution is 0.543. The summed E-state index contributed by atoms with van der Waals surface area (Å²) in [7, 11) is 0. The van der Waals surface area contributed by atoms with Crippen molar-refractivity contribution in [1.29, 1.82) is 0 Å². The van der Waals surface area contributed by atoms with E-state index in [0.717, 1.165) is 70.7 Å². The standard InChI is InChI=1S/C23H20O3/c1-14-21-19(20(13-25-21)15-8-4-2-5-9-15)12-18-16-10-6-3-7-11-17(16)23(24)26-22(14)18/h2,4-5,8-9,12-13H,3,6-7,10-11H2,1H3. The predicted molar refractivity (Wildman–Crippen MR) is 104 cm³/mol. The zero-order valence-electron chi connectivity index (χ0n) is 14.8. The van der Waals surface area contributed by atoms with Crippen LogP contribution >= 0.6 is 0 Å². The van der Waals surface area contributed by atoms with Gasteiger partial charge in [0.2, 0.25) is 0 Å². The molecule has 0 saturated heterocycles. The zero-order valence-corrected chi connectivity index (χ0v) is 14.8. The molecule has 26 heavy (non-hydrogen) atoms. The fraction of sp³-hybridized carbons (Fsp3) is 0.261. The van der Waals surface area contributed by atoms with Crippen LogP contribution in [-0.4, -0.2) is 0 Å². The van der Waals surface area contributed by atoms with Crippen molar-refractivity contribution in [1.82, 2.24) is 0 Å². The molecule has 3 nitrogen and oxygen atoms in total. The van der Waals surface area contributed by atoms with Crippen LogP contribution in [0.4, 0.5) is 0 Å². The molecule has 1 aliphatic rings. The maximum absolute atomic E-state index is 12.5. The van der Waals surface area contributed by atoms with Crippen LogP contribution in [0.15, 0.2) is 56.3 Å². The van der Waals surface area contributed by atoms with Crippen LogP contribution in [0.3, 0.4) is 0 Å². The minimum absolute atomic E-state index is 0.174. The molecule has 0 atom stereocenters. The minimum Gasteiger partial charge on any atom is -0.463 e. The fourth-order valence-electron chi connectivity index (χ4n) is 4.27. The normalized spacial score (nSPS) is 14.5. The van der Waals surface area contributed by atoms with Gasteiger partial charge in [-0.1, -0.05) is 36.8 Å². The summed E-state index contributed by atoms with van der Waals surface area (Å²) in [5.41, 5.74) is 6.48. The number of rotatable bonds is 1. The Labute approximate surface area is 151 Å². The largest absolute Gasteiger partial charge is 0.463 e. The smallest absolute Gasteiger partial charge is 0.339 e. The van der Waals surface area contributed by atoms with Crippen molar-refractivity contribution in [2.24, 2.45) is 0 Å². The highest BCUT2D eigenvalue weighted by atomic mass is 16.4. The van der Waals surface area contributed by atoms with Gasteiger partial charge < -0.3 is 8.83 Å². The minimum atomic E-state index is -0.174. The van der Waals surface area contributed by atoms with Gasteiger partial charge in [-0.25, -0.2) is 4.79 Å². The molecule has 0 bridgehead atoms. The Morgan fingerprint density at radius 2 is 1.65 bits per heavy atom. The average molecular weight is 344 g/mol. The summed E-state index contributed by atoms with van der Waals surface area (Å²) >= 11 is 0. The van der Waals surface area contributed by atoms with Crippen LogP contribution in [0.2, 0.25) is 0 Å². The van der Waals surface area contributed by atoms with Gasteiger partial charge in [0.25, 0.3) is 0 Å². The molecule has 0 spiro atoms. The summed E-state index contributed by atoms with van der Waals surface area (Å²) in [4.78, 5) is 12.5. The van der Waals surface area contributed by atoms with Crippen molar-refractivity contribution in [2.75, 3.05) is 0 Å². The van der Waals surface area contributed by atoms with Crippen molar-refractivity contribution < 1.29 is 8.83 Å². The quantitative estimate of drug-likeness (QED) is 0.324. The lowest BCUT2D eigenvalue weighted by Gasteiger charge is -2.11. The number of aryl methyl sites for hydroxylation is 2. The fourth-order valence-corrected chi connectivity index (χ4v) is 4.27. The third-order valence-electron chi connectivity index (χ3n) is 5.61. The second-order valence-electron chi connectivity index (χ2n) is 7.18. The van der Waals surface area contributed by atoms with E-state index in [-0.39, 0.29) is 5.63 Å². The van der Waals surface area contributed by atoms with E-state index < -0.39 is 0 Å². The van der Waals surface area contributed by atoms with Crippen LogP contribution in [0.5, 0.6) is 0 Å². The molecule has 2 heterocycles. The third kappa shape index (κ3) is 2.23. The molecule has 0 saturated carbocycles. The van der Waals surface area contributed by atoms with Gasteiger partial charge in [-0.15, -0.1) is 0 Å². The Hall–Kier alpha value is -2.81. The van der Waals surface area contributed by atoms with Crippen LogP contribution in [0.1, 0.15) is 36.0 Å². The molecule has 5 rings (SSSR count). The van der Waals surface area contributed by atoms with E-state index in [1.54, 1.807) is 0 Å². The Morgan fingerprint density at radius 1 is 0.885 bits per heavy atom. The molecule has 0 aliphatic heterocycles. The van der Waals surface area contributed by atoms with E-state index in [0.29, 0.717) is 5.58 Å². The zero-order chi connectivity index (χ0) is 17.7. The molecule has 0 radical (unpaired) electrons. The highest BCUT2D eigenvalue weighted by Gasteiger charge is 2.21. The molecular weight excluding hydrogens is 324 g/mol. The summed E-state index contributed by atoms with van der Waals surface area (Å²) in [6, 6.07) is 12.4. The first kappa shape index (κ1) is 15.4. The molecule has 3 heteroatoms. The Bertz CT molecular complexity index is 1180. The lowest BCUT2D eigenvalue weighted by Crippen LogP contribution is -2.11. The maximum atomic E-state index is 12.5. The Morgan fingerprint density at radius 3 is 2.46 bits per heavy atom.